The molecule has 0 fully saturated rings. The fraction of sp³-hybridized carbons (Fsp3) is 0.316. The molecule has 3 aromatic rings. The third-order valence-corrected chi connectivity index (χ3v) is 3.94. The number of rotatable bonds is 7. The van der Waals surface area contributed by atoms with Crippen LogP contribution in [0, 0.1) is 6.92 Å². The molecule has 0 N–H and O–H groups in total. The second kappa shape index (κ2) is 7.84. The fourth-order valence-corrected chi connectivity index (χ4v) is 2.60. The van der Waals surface area contributed by atoms with E-state index >= 15 is 0 Å². The average Bonchev–Trinajstić information content (AvgIpc) is 3.05. The molecule has 5 heteroatoms. The molecule has 0 unspecified atom stereocenters. The highest BCUT2D eigenvalue weighted by atomic mass is 16.4. The van der Waals surface area contributed by atoms with Gasteiger partial charge >= 0.3 is 0 Å². The van der Waals surface area contributed by atoms with Crippen LogP contribution in [0.5, 0.6) is 0 Å². The molecule has 3 rings (SSSR count). The van der Waals surface area contributed by atoms with E-state index in [2.05, 4.69) is 51.3 Å². The molecule has 0 radical (unpaired) electrons. The summed E-state index contributed by atoms with van der Waals surface area (Å²) in [5.41, 5.74) is 3.60. The Morgan fingerprint density at radius 2 is 1.71 bits per heavy atom. The predicted molar refractivity (Wildman–Crippen MR) is 92.0 cm³/mol. The van der Waals surface area contributed by atoms with Gasteiger partial charge in [0.15, 0.2) is 0 Å². The topological polar surface area (TPSA) is 55.1 Å². The highest BCUT2D eigenvalue weighted by Gasteiger charge is 2.14. The molecule has 5 nitrogen and oxygen atoms in total. The van der Waals surface area contributed by atoms with Crippen molar-refractivity contribution in [3.05, 3.63) is 77.3 Å². The summed E-state index contributed by atoms with van der Waals surface area (Å²) in [5, 5.41) is 8.21. The Bertz CT molecular complexity index is 770. The number of aromatic nitrogens is 3. The standard InChI is InChI=1S/C19H22N4O/c1-3-18-21-22-19(24-18)14-23(13-17-10-6-7-11-20-17)12-16-9-5-4-8-15(16)2/h4-11H,3,12-14H2,1-2H3. The Morgan fingerprint density at radius 1 is 0.917 bits per heavy atom. The van der Waals surface area contributed by atoms with Gasteiger partial charge in [0.25, 0.3) is 0 Å². The van der Waals surface area contributed by atoms with Crippen LogP contribution in [-0.2, 0) is 26.1 Å². The monoisotopic (exact) mass is 322 g/mol. The molecule has 0 atom stereocenters. The first kappa shape index (κ1) is 16.3. The van der Waals surface area contributed by atoms with Crippen LogP contribution in [-0.4, -0.2) is 20.1 Å². The molecule has 124 valence electrons. The summed E-state index contributed by atoms with van der Waals surface area (Å²) in [7, 11) is 0. The Morgan fingerprint density at radius 3 is 2.42 bits per heavy atom. The van der Waals surface area contributed by atoms with Crippen LogP contribution >= 0.6 is 0 Å². The Kier molecular flexibility index (Phi) is 5.33. The predicted octanol–water partition coefficient (Wildman–Crippen LogP) is 3.54. The van der Waals surface area contributed by atoms with E-state index in [4.69, 9.17) is 4.42 Å². The van der Waals surface area contributed by atoms with Crippen LogP contribution in [0.3, 0.4) is 0 Å². The first-order valence-electron chi connectivity index (χ1n) is 8.22. The van der Waals surface area contributed by atoms with Gasteiger partial charge in [-0.15, -0.1) is 10.2 Å². The normalized spacial score (nSPS) is 11.1. The van der Waals surface area contributed by atoms with E-state index in [9.17, 15) is 0 Å². The van der Waals surface area contributed by atoms with Gasteiger partial charge in [-0.2, -0.15) is 0 Å². The minimum atomic E-state index is 0.609. The summed E-state index contributed by atoms with van der Waals surface area (Å²) in [6, 6.07) is 14.4. The highest BCUT2D eigenvalue weighted by molar-refractivity contribution is 5.25. The molecule has 24 heavy (non-hydrogen) atoms. The van der Waals surface area contributed by atoms with Crippen molar-refractivity contribution in [3.8, 4) is 0 Å². The van der Waals surface area contributed by atoms with Gasteiger partial charge in [-0.3, -0.25) is 9.88 Å². The zero-order valence-electron chi connectivity index (χ0n) is 14.1. The van der Waals surface area contributed by atoms with Crippen LogP contribution in [0.4, 0.5) is 0 Å². The SMILES string of the molecule is CCc1nnc(CN(Cc2ccccn2)Cc2ccccc2C)o1. The van der Waals surface area contributed by atoms with E-state index in [1.807, 2.05) is 31.3 Å². The van der Waals surface area contributed by atoms with Gasteiger partial charge in [-0.25, -0.2) is 0 Å². The zero-order valence-corrected chi connectivity index (χ0v) is 14.1. The van der Waals surface area contributed by atoms with Crippen molar-refractivity contribution in [2.24, 2.45) is 0 Å². The lowest BCUT2D eigenvalue weighted by molar-refractivity contribution is 0.217. The van der Waals surface area contributed by atoms with Crippen LogP contribution < -0.4 is 0 Å². The number of pyridine rings is 1. The molecule has 0 amide bonds. The minimum Gasteiger partial charge on any atom is -0.424 e. The first-order valence-corrected chi connectivity index (χ1v) is 8.22. The van der Waals surface area contributed by atoms with Crippen molar-refractivity contribution in [2.75, 3.05) is 0 Å². The number of benzene rings is 1. The summed E-state index contributed by atoms with van der Waals surface area (Å²) >= 11 is 0. The van der Waals surface area contributed by atoms with Crippen molar-refractivity contribution in [1.82, 2.24) is 20.1 Å². The number of aryl methyl sites for hydroxylation is 2. The van der Waals surface area contributed by atoms with Gasteiger partial charge in [0.05, 0.1) is 12.2 Å². The third-order valence-electron chi connectivity index (χ3n) is 3.94. The maximum Gasteiger partial charge on any atom is 0.230 e. The molecular weight excluding hydrogens is 300 g/mol. The van der Waals surface area contributed by atoms with E-state index in [0.29, 0.717) is 18.3 Å². The van der Waals surface area contributed by atoms with Gasteiger partial charge in [0.2, 0.25) is 11.8 Å². The lowest BCUT2D eigenvalue weighted by atomic mass is 10.1. The van der Waals surface area contributed by atoms with Crippen LogP contribution in [0.15, 0.2) is 53.1 Å². The molecule has 2 aromatic heterocycles. The number of nitrogens with zero attached hydrogens (tertiary/aromatic N) is 4. The van der Waals surface area contributed by atoms with Crippen LogP contribution in [0.2, 0.25) is 0 Å². The third kappa shape index (κ3) is 4.26. The second-order valence-corrected chi connectivity index (χ2v) is 5.84. The quantitative estimate of drug-likeness (QED) is 0.666. The smallest absolute Gasteiger partial charge is 0.230 e. The molecular formula is C19H22N4O. The van der Waals surface area contributed by atoms with Gasteiger partial charge in [0, 0.05) is 25.7 Å². The Hall–Kier alpha value is -2.53. The molecule has 0 aliphatic heterocycles. The van der Waals surface area contributed by atoms with Crippen LogP contribution in [0.25, 0.3) is 0 Å². The van der Waals surface area contributed by atoms with E-state index in [1.54, 1.807) is 0 Å². The summed E-state index contributed by atoms with van der Waals surface area (Å²) in [5.74, 6) is 1.33. The Balaban J connectivity index is 1.78. The summed E-state index contributed by atoms with van der Waals surface area (Å²) in [4.78, 5) is 6.71. The van der Waals surface area contributed by atoms with E-state index in [1.165, 1.54) is 11.1 Å². The lowest BCUT2D eigenvalue weighted by Gasteiger charge is -2.21. The van der Waals surface area contributed by atoms with Crippen molar-refractivity contribution in [2.45, 2.75) is 39.9 Å². The summed E-state index contributed by atoms with van der Waals surface area (Å²) < 4.78 is 5.68. The van der Waals surface area contributed by atoms with Gasteiger partial charge in [-0.05, 0) is 30.2 Å². The van der Waals surface area contributed by atoms with Crippen molar-refractivity contribution < 1.29 is 4.42 Å². The van der Waals surface area contributed by atoms with Crippen molar-refractivity contribution in [3.63, 3.8) is 0 Å². The fourth-order valence-electron chi connectivity index (χ4n) is 2.60. The molecule has 2 heterocycles. The van der Waals surface area contributed by atoms with Gasteiger partial charge < -0.3 is 4.42 Å². The molecule has 0 bridgehead atoms. The highest BCUT2D eigenvalue weighted by Crippen LogP contribution is 2.15. The molecule has 0 saturated carbocycles. The molecule has 1 aromatic carbocycles. The first-order chi connectivity index (χ1) is 11.7. The maximum absolute atomic E-state index is 5.68. The largest absolute Gasteiger partial charge is 0.424 e. The molecule has 0 aliphatic rings. The minimum absolute atomic E-state index is 0.609. The van der Waals surface area contributed by atoms with Crippen molar-refractivity contribution >= 4 is 0 Å². The molecule has 0 aliphatic carbocycles. The number of hydrogen-bond acceptors (Lipinski definition) is 5. The number of hydrogen-bond donors (Lipinski definition) is 0. The van der Waals surface area contributed by atoms with Gasteiger partial charge in [0.1, 0.15) is 0 Å². The second-order valence-electron chi connectivity index (χ2n) is 5.84. The van der Waals surface area contributed by atoms with Crippen molar-refractivity contribution in [1.29, 1.82) is 0 Å². The van der Waals surface area contributed by atoms with E-state index in [-0.39, 0.29) is 0 Å². The van der Waals surface area contributed by atoms with Crippen LogP contribution in [0.1, 0.15) is 35.5 Å². The lowest BCUT2D eigenvalue weighted by Crippen LogP contribution is -2.23. The Labute approximate surface area is 142 Å². The zero-order chi connectivity index (χ0) is 16.8. The molecule has 0 saturated heterocycles. The van der Waals surface area contributed by atoms with Gasteiger partial charge in [-0.1, -0.05) is 37.3 Å². The van der Waals surface area contributed by atoms with E-state index < -0.39 is 0 Å². The maximum atomic E-state index is 5.68. The summed E-state index contributed by atoms with van der Waals surface area (Å²) in [6.07, 6.45) is 2.58. The molecule has 0 spiro atoms. The average molecular weight is 322 g/mol. The van der Waals surface area contributed by atoms with E-state index in [0.717, 1.165) is 25.2 Å². The summed E-state index contributed by atoms with van der Waals surface area (Å²) in [6.45, 7) is 6.30.